The molecule has 0 amide bonds. The number of rotatable bonds is 9. The van der Waals surface area contributed by atoms with E-state index in [1.165, 1.54) is 31.8 Å². The van der Waals surface area contributed by atoms with E-state index in [9.17, 15) is 9.67 Å². The summed E-state index contributed by atoms with van der Waals surface area (Å²) in [5.74, 6) is 0.767. The number of hydrogen-bond donors (Lipinski definition) is 2. The molecule has 9 heteroatoms. The Labute approximate surface area is 158 Å². The number of phenols is 1. The molecule has 0 radical (unpaired) electrons. The molecule has 2 aromatic rings. The third kappa shape index (κ3) is 5.21. The lowest BCUT2D eigenvalue weighted by atomic mass is 10.2. The van der Waals surface area contributed by atoms with Gasteiger partial charge in [0.25, 0.3) is 0 Å². The number of aromatic nitrogens is 2. The minimum absolute atomic E-state index is 0.00176. The first-order valence-corrected chi connectivity index (χ1v) is 10.0. The van der Waals surface area contributed by atoms with Gasteiger partial charge in [-0.25, -0.2) is 15.0 Å². The quantitative estimate of drug-likeness (QED) is 0.462. The number of nitrogens with zero attached hydrogens (tertiary/aromatic N) is 2. The summed E-state index contributed by atoms with van der Waals surface area (Å²) in [6.45, 7) is 5.49. The van der Waals surface area contributed by atoms with Gasteiger partial charge >= 0.3 is 7.60 Å². The second-order valence-corrected chi connectivity index (χ2v) is 7.56. The van der Waals surface area contributed by atoms with E-state index < -0.39 is 7.60 Å². The van der Waals surface area contributed by atoms with E-state index >= 15 is 0 Å². The number of methoxy groups -OCH3 is 1. The second kappa shape index (κ2) is 9.39. The highest BCUT2D eigenvalue weighted by Crippen LogP contribution is 2.57. The topological polar surface area (TPSA) is 103 Å². The van der Waals surface area contributed by atoms with Crippen molar-refractivity contribution in [3.05, 3.63) is 47.7 Å². The monoisotopic (exact) mass is 393 g/mol. The number of hydrogen-bond acceptors (Lipinski definition) is 8. The van der Waals surface area contributed by atoms with Crippen LogP contribution in [-0.2, 0) is 9.19 Å². The highest BCUT2D eigenvalue weighted by Gasteiger charge is 2.32. The number of aryl methyl sites for hydroxylation is 1. The van der Waals surface area contributed by atoms with Crippen LogP contribution in [-0.4, -0.2) is 22.2 Å². The summed E-state index contributed by atoms with van der Waals surface area (Å²) in [6, 6.07) is 3.02. The maximum absolute atomic E-state index is 13.5. The van der Waals surface area contributed by atoms with Gasteiger partial charge in [0.05, 0.1) is 18.6 Å². The number of allylic oxidation sites excluding steroid dienone is 2. The summed E-state index contributed by atoms with van der Waals surface area (Å²) in [5.41, 5.74) is 3.07. The Morgan fingerprint density at radius 3 is 2.70 bits per heavy atom. The summed E-state index contributed by atoms with van der Waals surface area (Å²) >= 11 is 0. The predicted molar refractivity (Wildman–Crippen MR) is 103 cm³/mol. The molecule has 1 aromatic carbocycles. The van der Waals surface area contributed by atoms with Crippen molar-refractivity contribution in [1.29, 1.82) is 0 Å². The third-order valence-corrected chi connectivity index (χ3v) is 5.66. The van der Waals surface area contributed by atoms with E-state index in [1.54, 1.807) is 13.0 Å². The van der Waals surface area contributed by atoms with Crippen LogP contribution in [0.25, 0.3) is 0 Å². The van der Waals surface area contributed by atoms with Gasteiger partial charge in [0.2, 0.25) is 0 Å². The fourth-order valence-electron chi connectivity index (χ4n) is 2.34. The van der Waals surface area contributed by atoms with E-state index in [0.29, 0.717) is 29.5 Å². The third-order valence-electron chi connectivity index (χ3n) is 3.67. The Morgan fingerprint density at radius 1 is 1.33 bits per heavy atom. The smallest absolute Gasteiger partial charge is 0.427 e. The van der Waals surface area contributed by atoms with E-state index in [1.807, 2.05) is 19.9 Å². The van der Waals surface area contributed by atoms with Crippen molar-refractivity contribution in [2.45, 2.75) is 33.6 Å². The Kier molecular flexibility index (Phi) is 7.21. The van der Waals surface area contributed by atoms with Gasteiger partial charge in [-0.3, -0.25) is 4.98 Å². The fraction of sp³-hybridized carbons (Fsp3) is 0.333. The van der Waals surface area contributed by atoms with Gasteiger partial charge in [-0.15, -0.1) is 0 Å². The molecule has 0 spiro atoms. The van der Waals surface area contributed by atoms with Crippen LogP contribution < -0.4 is 14.7 Å². The summed E-state index contributed by atoms with van der Waals surface area (Å²) in [5, 5.41) is 10.5. The maximum Gasteiger partial charge on any atom is 0.427 e. The van der Waals surface area contributed by atoms with Crippen LogP contribution in [0.5, 0.6) is 17.2 Å². The van der Waals surface area contributed by atoms with Crippen LogP contribution in [0, 0.1) is 6.92 Å². The van der Waals surface area contributed by atoms with Gasteiger partial charge in [0.1, 0.15) is 5.75 Å². The van der Waals surface area contributed by atoms with Gasteiger partial charge in [-0.1, -0.05) is 19.9 Å². The van der Waals surface area contributed by atoms with Crippen molar-refractivity contribution in [3.8, 4) is 17.2 Å². The van der Waals surface area contributed by atoms with E-state index in [2.05, 4.69) is 15.4 Å². The van der Waals surface area contributed by atoms with E-state index in [-0.39, 0.29) is 17.2 Å². The molecule has 0 fully saturated rings. The van der Waals surface area contributed by atoms with Gasteiger partial charge in [-0.2, -0.15) is 4.62 Å². The number of aromatic hydroxyl groups is 1. The zero-order chi connectivity index (χ0) is 19.9. The van der Waals surface area contributed by atoms with Crippen molar-refractivity contribution >= 4 is 13.4 Å². The number of anilines is 1. The Balaban J connectivity index is 2.36. The largest absolute Gasteiger partial charge is 0.504 e. The molecule has 146 valence electrons. The van der Waals surface area contributed by atoms with Crippen LogP contribution in [0.4, 0.5) is 5.82 Å². The molecule has 2 rings (SSSR count). The highest BCUT2D eigenvalue weighted by atomic mass is 31.2. The molecule has 0 bridgehead atoms. The van der Waals surface area contributed by atoms with E-state index in [0.717, 1.165) is 0 Å². The maximum atomic E-state index is 13.5. The SMILES string of the molecule is CC/C=C(\CC)P(=O)(ONc1cnccn1)Oc1cc(C)c(O)c(OC)c1. The molecule has 1 atom stereocenters. The summed E-state index contributed by atoms with van der Waals surface area (Å²) in [6.07, 6.45) is 7.39. The van der Waals surface area contributed by atoms with Crippen LogP contribution in [0.2, 0.25) is 0 Å². The number of benzene rings is 1. The fourth-order valence-corrected chi connectivity index (χ4v) is 4.00. The zero-order valence-corrected chi connectivity index (χ0v) is 16.7. The Bertz CT molecular complexity index is 842. The first-order chi connectivity index (χ1) is 12.9. The molecule has 1 heterocycles. The molecule has 2 N–H and O–H groups in total. The van der Waals surface area contributed by atoms with Crippen LogP contribution >= 0.6 is 7.60 Å². The predicted octanol–water partition coefficient (Wildman–Crippen LogP) is 4.82. The molecule has 0 saturated carbocycles. The lowest BCUT2D eigenvalue weighted by Crippen LogP contribution is -2.08. The molecule has 27 heavy (non-hydrogen) atoms. The van der Waals surface area contributed by atoms with Crippen molar-refractivity contribution in [2.24, 2.45) is 0 Å². The number of ether oxygens (including phenoxy) is 1. The molecular weight excluding hydrogens is 369 g/mol. The Morgan fingerprint density at radius 2 is 2.11 bits per heavy atom. The van der Waals surface area contributed by atoms with Crippen LogP contribution in [0.3, 0.4) is 0 Å². The van der Waals surface area contributed by atoms with Gasteiger partial charge in [-0.05, 0) is 31.4 Å². The molecule has 8 nitrogen and oxygen atoms in total. The molecule has 0 aliphatic heterocycles. The van der Waals surface area contributed by atoms with Crippen LogP contribution in [0.15, 0.2) is 42.1 Å². The average molecular weight is 393 g/mol. The standard InChI is InChI=1S/C18H24N3O5P/c1-5-7-15(6-2)27(23,26-21-17-12-19-8-9-20-17)25-14-10-13(3)18(22)16(11-14)24-4/h7-12,22H,5-6H2,1-4H3,(H,20,21)/b15-7+. The second-order valence-electron chi connectivity index (χ2n) is 5.62. The van der Waals surface area contributed by atoms with Crippen molar-refractivity contribution in [1.82, 2.24) is 9.97 Å². The molecule has 0 aliphatic rings. The molecule has 1 unspecified atom stereocenters. The zero-order valence-electron chi connectivity index (χ0n) is 15.8. The van der Waals surface area contributed by atoms with E-state index in [4.69, 9.17) is 13.9 Å². The molecular formula is C18H24N3O5P. The summed E-state index contributed by atoms with van der Waals surface area (Å²) < 4.78 is 29.9. The number of nitrogens with one attached hydrogen (secondary N) is 1. The summed E-state index contributed by atoms with van der Waals surface area (Å²) in [7, 11) is -2.32. The van der Waals surface area contributed by atoms with Gasteiger partial charge in [0.15, 0.2) is 17.3 Å². The first kappa shape index (κ1) is 20.7. The van der Waals surface area contributed by atoms with Crippen LogP contribution in [0.1, 0.15) is 32.3 Å². The highest BCUT2D eigenvalue weighted by molar-refractivity contribution is 7.58. The Hall–Kier alpha value is -2.57. The minimum Gasteiger partial charge on any atom is -0.504 e. The van der Waals surface area contributed by atoms with Crippen molar-refractivity contribution in [2.75, 3.05) is 12.6 Å². The minimum atomic E-state index is -3.75. The normalized spacial score (nSPS) is 13.7. The van der Waals surface area contributed by atoms with Gasteiger partial charge in [0, 0.05) is 18.5 Å². The van der Waals surface area contributed by atoms with Crippen molar-refractivity contribution in [3.63, 3.8) is 0 Å². The molecule has 1 aromatic heterocycles. The molecule has 0 aliphatic carbocycles. The molecule has 0 saturated heterocycles. The first-order valence-electron chi connectivity index (χ1n) is 8.51. The average Bonchev–Trinajstić information content (AvgIpc) is 2.68. The van der Waals surface area contributed by atoms with Gasteiger partial charge < -0.3 is 14.4 Å². The lowest BCUT2D eigenvalue weighted by molar-refractivity contribution is 0.320. The summed E-state index contributed by atoms with van der Waals surface area (Å²) in [4.78, 5) is 7.95. The van der Waals surface area contributed by atoms with Crippen molar-refractivity contribution < 1.29 is 23.6 Å². The number of phenolic OH excluding ortho intramolecular Hbond substituents is 1. The lowest BCUT2D eigenvalue weighted by Gasteiger charge is -2.22.